The lowest BCUT2D eigenvalue weighted by molar-refractivity contribution is -0.111. The van der Waals surface area contributed by atoms with Crippen LogP contribution in [-0.2, 0) is 4.79 Å². The molecule has 3 aliphatic rings. The van der Waals surface area contributed by atoms with Crippen LogP contribution in [0.1, 0.15) is 64.2 Å². The molecule has 0 aromatic carbocycles. The standard InChI is InChI=1S/C16H24O/c17-11-12-5-7-14-9-8-13-3-1-2-4-15(13)16(14)10-6-12/h11-14H,1-10H2. The third kappa shape index (κ3) is 2.21. The third-order valence-corrected chi connectivity index (χ3v) is 5.37. The summed E-state index contributed by atoms with van der Waals surface area (Å²) in [6.45, 7) is 0. The first-order valence-corrected chi connectivity index (χ1v) is 7.55. The van der Waals surface area contributed by atoms with E-state index in [1.165, 1.54) is 57.7 Å². The Bertz CT molecular complexity index is 328. The Labute approximate surface area is 105 Å². The van der Waals surface area contributed by atoms with Gasteiger partial charge in [-0.3, -0.25) is 0 Å². The maximum atomic E-state index is 11.0. The van der Waals surface area contributed by atoms with Crippen LogP contribution >= 0.6 is 0 Å². The van der Waals surface area contributed by atoms with Crippen molar-refractivity contribution >= 4 is 6.29 Å². The van der Waals surface area contributed by atoms with E-state index in [4.69, 9.17) is 0 Å². The van der Waals surface area contributed by atoms with E-state index in [1.54, 1.807) is 0 Å². The minimum atomic E-state index is 0.357. The maximum absolute atomic E-state index is 11.0. The van der Waals surface area contributed by atoms with Crippen molar-refractivity contribution in [3.63, 3.8) is 0 Å². The van der Waals surface area contributed by atoms with Crippen LogP contribution in [0, 0.1) is 17.8 Å². The lowest BCUT2D eigenvalue weighted by Gasteiger charge is -2.36. The monoisotopic (exact) mass is 232 g/mol. The summed E-state index contributed by atoms with van der Waals surface area (Å²) >= 11 is 0. The van der Waals surface area contributed by atoms with Crippen molar-refractivity contribution in [2.45, 2.75) is 64.2 Å². The molecule has 0 spiro atoms. The molecular weight excluding hydrogens is 208 g/mol. The fourth-order valence-electron chi connectivity index (χ4n) is 4.38. The van der Waals surface area contributed by atoms with Gasteiger partial charge >= 0.3 is 0 Å². The van der Waals surface area contributed by atoms with Crippen molar-refractivity contribution in [2.24, 2.45) is 17.8 Å². The molecule has 94 valence electrons. The predicted molar refractivity (Wildman–Crippen MR) is 69.7 cm³/mol. The van der Waals surface area contributed by atoms with Gasteiger partial charge in [0.05, 0.1) is 0 Å². The Morgan fingerprint density at radius 3 is 2.29 bits per heavy atom. The quantitative estimate of drug-likeness (QED) is 0.487. The van der Waals surface area contributed by atoms with Crippen molar-refractivity contribution in [1.82, 2.24) is 0 Å². The van der Waals surface area contributed by atoms with E-state index >= 15 is 0 Å². The smallest absolute Gasteiger partial charge is 0.123 e. The normalized spacial score (nSPS) is 38.0. The van der Waals surface area contributed by atoms with E-state index in [0.29, 0.717) is 5.92 Å². The molecule has 3 rings (SSSR count). The number of rotatable bonds is 1. The summed E-state index contributed by atoms with van der Waals surface area (Å²) in [7, 11) is 0. The van der Waals surface area contributed by atoms with Crippen LogP contribution in [0.2, 0.25) is 0 Å². The van der Waals surface area contributed by atoms with Crippen molar-refractivity contribution in [3.8, 4) is 0 Å². The number of aldehydes is 1. The van der Waals surface area contributed by atoms with Crippen LogP contribution in [0.15, 0.2) is 11.1 Å². The van der Waals surface area contributed by atoms with Crippen molar-refractivity contribution in [2.75, 3.05) is 0 Å². The fourth-order valence-corrected chi connectivity index (χ4v) is 4.38. The molecular formula is C16H24O. The number of hydrogen-bond acceptors (Lipinski definition) is 1. The molecule has 0 aromatic heterocycles. The van der Waals surface area contributed by atoms with Gasteiger partial charge < -0.3 is 4.79 Å². The van der Waals surface area contributed by atoms with Gasteiger partial charge in [0, 0.05) is 5.92 Å². The topological polar surface area (TPSA) is 17.1 Å². The highest BCUT2D eigenvalue weighted by atomic mass is 16.1. The molecule has 1 heteroatoms. The number of hydrogen-bond donors (Lipinski definition) is 0. The Morgan fingerprint density at radius 2 is 1.47 bits per heavy atom. The van der Waals surface area contributed by atoms with E-state index < -0.39 is 0 Å². The highest BCUT2D eigenvalue weighted by molar-refractivity contribution is 5.53. The van der Waals surface area contributed by atoms with E-state index in [-0.39, 0.29) is 0 Å². The van der Waals surface area contributed by atoms with Crippen LogP contribution in [0.3, 0.4) is 0 Å². The van der Waals surface area contributed by atoms with E-state index in [1.807, 2.05) is 11.1 Å². The van der Waals surface area contributed by atoms with Crippen molar-refractivity contribution in [1.29, 1.82) is 0 Å². The second-order valence-electron chi connectivity index (χ2n) is 6.28. The average molecular weight is 232 g/mol. The lowest BCUT2D eigenvalue weighted by atomic mass is 9.69. The summed E-state index contributed by atoms with van der Waals surface area (Å²) in [5.41, 5.74) is 3.66. The first-order chi connectivity index (χ1) is 8.38. The van der Waals surface area contributed by atoms with E-state index in [9.17, 15) is 4.79 Å². The molecule has 0 aliphatic heterocycles. The lowest BCUT2D eigenvalue weighted by Crippen LogP contribution is -2.21. The summed E-state index contributed by atoms with van der Waals surface area (Å²) < 4.78 is 0. The zero-order chi connectivity index (χ0) is 11.7. The minimum absolute atomic E-state index is 0.357. The average Bonchev–Trinajstić information content (AvgIpc) is 2.60. The fraction of sp³-hybridized carbons (Fsp3) is 0.812. The molecule has 2 fully saturated rings. The molecule has 3 atom stereocenters. The molecule has 0 heterocycles. The molecule has 0 radical (unpaired) electrons. The Hall–Kier alpha value is -0.590. The molecule has 1 nitrogen and oxygen atoms in total. The molecule has 0 N–H and O–H groups in total. The van der Waals surface area contributed by atoms with Gasteiger partial charge in [0.1, 0.15) is 6.29 Å². The molecule has 17 heavy (non-hydrogen) atoms. The molecule has 3 aliphatic carbocycles. The van der Waals surface area contributed by atoms with Gasteiger partial charge in [-0.25, -0.2) is 0 Å². The first kappa shape index (κ1) is 11.5. The molecule has 0 bridgehead atoms. The Kier molecular flexibility index (Phi) is 3.35. The SMILES string of the molecule is O=CC1CCC2=C3CCCCC3CCC2CC1. The van der Waals surface area contributed by atoms with Crippen LogP contribution in [0.4, 0.5) is 0 Å². The van der Waals surface area contributed by atoms with Gasteiger partial charge in [-0.05, 0) is 69.6 Å². The number of allylic oxidation sites excluding steroid dienone is 2. The van der Waals surface area contributed by atoms with Gasteiger partial charge in [-0.1, -0.05) is 17.6 Å². The minimum Gasteiger partial charge on any atom is -0.303 e. The first-order valence-electron chi connectivity index (χ1n) is 7.55. The van der Waals surface area contributed by atoms with Gasteiger partial charge in [0.15, 0.2) is 0 Å². The molecule has 2 saturated carbocycles. The summed E-state index contributed by atoms with van der Waals surface area (Å²) in [6, 6.07) is 0. The Balaban J connectivity index is 1.84. The highest BCUT2D eigenvalue weighted by Crippen LogP contribution is 2.47. The number of carbonyl (C=O) groups is 1. The summed E-state index contributed by atoms with van der Waals surface area (Å²) in [5, 5.41) is 0. The van der Waals surface area contributed by atoms with Crippen LogP contribution in [0.25, 0.3) is 0 Å². The third-order valence-electron chi connectivity index (χ3n) is 5.37. The highest BCUT2D eigenvalue weighted by Gasteiger charge is 2.32. The molecule has 0 aromatic rings. The summed E-state index contributed by atoms with van der Waals surface area (Å²) in [4.78, 5) is 11.0. The zero-order valence-corrected chi connectivity index (χ0v) is 10.8. The van der Waals surface area contributed by atoms with Gasteiger partial charge in [0.2, 0.25) is 0 Å². The largest absolute Gasteiger partial charge is 0.303 e. The number of carbonyl (C=O) groups excluding carboxylic acids is 1. The van der Waals surface area contributed by atoms with Crippen molar-refractivity contribution < 1.29 is 4.79 Å². The van der Waals surface area contributed by atoms with Gasteiger partial charge in [0.25, 0.3) is 0 Å². The van der Waals surface area contributed by atoms with Gasteiger partial charge in [-0.2, -0.15) is 0 Å². The van der Waals surface area contributed by atoms with Crippen LogP contribution in [-0.4, -0.2) is 6.29 Å². The Morgan fingerprint density at radius 1 is 0.765 bits per heavy atom. The summed E-state index contributed by atoms with van der Waals surface area (Å²) in [6.07, 6.45) is 14.6. The van der Waals surface area contributed by atoms with Crippen LogP contribution in [0.5, 0.6) is 0 Å². The molecule has 0 amide bonds. The second kappa shape index (κ2) is 4.96. The predicted octanol–water partition coefficient (Wildman–Crippen LogP) is 4.27. The number of fused-ring (bicyclic) bond motifs is 2. The second-order valence-corrected chi connectivity index (χ2v) is 6.28. The van der Waals surface area contributed by atoms with Crippen LogP contribution < -0.4 is 0 Å². The van der Waals surface area contributed by atoms with Crippen molar-refractivity contribution in [3.05, 3.63) is 11.1 Å². The zero-order valence-electron chi connectivity index (χ0n) is 10.8. The van der Waals surface area contributed by atoms with E-state index in [0.717, 1.165) is 24.7 Å². The summed E-state index contributed by atoms with van der Waals surface area (Å²) in [5.74, 6) is 2.14. The molecule has 3 unspecified atom stereocenters. The van der Waals surface area contributed by atoms with E-state index in [2.05, 4.69) is 0 Å². The maximum Gasteiger partial charge on any atom is 0.123 e. The van der Waals surface area contributed by atoms with Gasteiger partial charge in [-0.15, -0.1) is 0 Å². The molecule has 0 saturated heterocycles.